The maximum atomic E-state index is 10.8. The molecule has 74 valence electrons. The molecule has 13 heavy (non-hydrogen) atoms. The van der Waals surface area contributed by atoms with E-state index in [1.165, 1.54) is 7.11 Å². The highest BCUT2D eigenvalue weighted by Gasteiger charge is 2.08. The summed E-state index contributed by atoms with van der Waals surface area (Å²) in [7, 11) is 1.17. The molecule has 6 heteroatoms. The number of aliphatic carboxylic acids is 1. The largest absolute Gasteiger partial charge is 0.481 e. The van der Waals surface area contributed by atoms with Crippen molar-refractivity contribution >= 4 is 17.8 Å². The summed E-state index contributed by atoms with van der Waals surface area (Å²) in [5.41, 5.74) is 0. The SMILES string of the molecule is COC(=O)CC(=O)NCCC(=O)O. The molecule has 0 aromatic heterocycles. The molecule has 0 rings (SSSR count). The normalized spacial score (nSPS) is 9.00. The van der Waals surface area contributed by atoms with Crippen molar-refractivity contribution in [3.05, 3.63) is 0 Å². The second kappa shape index (κ2) is 5.99. The van der Waals surface area contributed by atoms with Crippen molar-refractivity contribution in [2.45, 2.75) is 12.8 Å². The van der Waals surface area contributed by atoms with Crippen LogP contribution in [0.4, 0.5) is 0 Å². The average Bonchev–Trinajstić information content (AvgIpc) is 2.03. The third kappa shape index (κ3) is 6.79. The molecule has 0 aliphatic rings. The first-order valence-corrected chi connectivity index (χ1v) is 3.61. The zero-order valence-electron chi connectivity index (χ0n) is 7.20. The van der Waals surface area contributed by atoms with Crippen LogP contribution in [0.1, 0.15) is 12.8 Å². The number of amides is 1. The van der Waals surface area contributed by atoms with Gasteiger partial charge in [-0.25, -0.2) is 0 Å². The number of carbonyl (C=O) groups excluding carboxylic acids is 2. The van der Waals surface area contributed by atoms with E-state index in [4.69, 9.17) is 5.11 Å². The van der Waals surface area contributed by atoms with Gasteiger partial charge in [0.2, 0.25) is 5.91 Å². The number of carbonyl (C=O) groups is 3. The van der Waals surface area contributed by atoms with Crippen LogP contribution < -0.4 is 5.32 Å². The molecule has 0 saturated carbocycles. The van der Waals surface area contributed by atoms with E-state index in [9.17, 15) is 14.4 Å². The highest BCUT2D eigenvalue weighted by atomic mass is 16.5. The summed E-state index contributed by atoms with van der Waals surface area (Å²) in [5.74, 6) is -2.18. The van der Waals surface area contributed by atoms with Crippen LogP contribution >= 0.6 is 0 Å². The molecule has 0 bridgehead atoms. The number of esters is 1. The Morgan fingerprint density at radius 3 is 2.46 bits per heavy atom. The van der Waals surface area contributed by atoms with Crippen LogP contribution in [0, 0.1) is 0 Å². The number of hydrogen-bond acceptors (Lipinski definition) is 4. The van der Waals surface area contributed by atoms with Gasteiger partial charge < -0.3 is 15.2 Å². The van der Waals surface area contributed by atoms with E-state index in [0.29, 0.717) is 0 Å². The molecule has 1 amide bonds. The summed E-state index contributed by atoms with van der Waals surface area (Å²) >= 11 is 0. The highest BCUT2D eigenvalue weighted by Crippen LogP contribution is 1.84. The van der Waals surface area contributed by atoms with E-state index >= 15 is 0 Å². The maximum Gasteiger partial charge on any atom is 0.315 e. The third-order valence-electron chi connectivity index (χ3n) is 1.19. The number of nitrogens with one attached hydrogen (secondary N) is 1. The van der Waals surface area contributed by atoms with Crippen molar-refractivity contribution in [1.82, 2.24) is 5.32 Å². The maximum absolute atomic E-state index is 10.8. The van der Waals surface area contributed by atoms with Crippen LogP contribution in [0.5, 0.6) is 0 Å². The van der Waals surface area contributed by atoms with Crippen molar-refractivity contribution in [2.75, 3.05) is 13.7 Å². The Labute approximate surface area is 74.9 Å². The standard InChI is InChI=1S/C7H11NO5/c1-13-7(12)4-5(9)8-3-2-6(10)11/h2-4H2,1H3,(H,8,9)(H,10,11). The van der Waals surface area contributed by atoms with Gasteiger partial charge in [0.05, 0.1) is 13.5 Å². The van der Waals surface area contributed by atoms with Crippen molar-refractivity contribution in [2.24, 2.45) is 0 Å². The summed E-state index contributed by atoms with van der Waals surface area (Å²) in [5, 5.41) is 10.5. The first-order valence-electron chi connectivity index (χ1n) is 3.61. The van der Waals surface area contributed by atoms with E-state index in [1.807, 2.05) is 0 Å². The van der Waals surface area contributed by atoms with Crippen LogP contribution in [0.25, 0.3) is 0 Å². The van der Waals surface area contributed by atoms with Gasteiger partial charge in [-0.15, -0.1) is 0 Å². The predicted molar refractivity (Wildman–Crippen MR) is 41.9 cm³/mol. The quantitative estimate of drug-likeness (QED) is 0.433. The summed E-state index contributed by atoms with van der Waals surface area (Å²) < 4.78 is 4.23. The van der Waals surface area contributed by atoms with Gasteiger partial charge in [-0.2, -0.15) is 0 Å². The smallest absolute Gasteiger partial charge is 0.315 e. The monoisotopic (exact) mass is 189 g/mol. The fourth-order valence-electron chi connectivity index (χ4n) is 0.575. The van der Waals surface area contributed by atoms with Crippen LogP contribution in [-0.4, -0.2) is 36.6 Å². The molecule has 0 spiro atoms. The number of methoxy groups -OCH3 is 1. The summed E-state index contributed by atoms with van der Waals surface area (Å²) in [6.07, 6.45) is -0.539. The number of rotatable bonds is 5. The van der Waals surface area contributed by atoms with Crippen molar-refractivity contribution < 1.29 is 24.2 Å². The van der Waals surface area contributed by atoms with E-state index in [2.05, 4.69) is 10.1 Å². The molecule has 0 aromatic carbocycles. The van der Waals surface area contributed by atoms with Gasteiger partial charge in [0.1, 0.15) is 6.42 Å². The molecule has 0 saturated heterocycles. The molecule has 0 aromatic rings. The zero-order chi connectivity index (χ0) is 10.3. The molecule has 0 radical (unpaired) electrons. The van der Waals surface area contributed by atoms with Crippen LogP contribution in [0.15, 0.2) is 0 Å². The van der Waals surface area contributed by atoms with Gasteiger partial charge in [0.25, 0.3) is 0 Å². The Hall–Kier alpha value is -1.59. The Morgan fingerprint density at radius 1 is 1.38 bits per heavy atom. The number of hydrogen-bond donors (Lipinski definition) is 2. The van der Waals surface area contributed by atoms with Gasteiger partial charge >= 0.3 is 11.9 Å². The molecule has 0 unspecified atom stereocenters. The summed E-state index contributed by atoms with van der Waals surface area (Å²) in [6.45, 7) is 0.0190. The zero-order valence-corrected chi connectivity index (χ0v) is 7.20. The van der Waals surface area contributed by atoms with Crippen LogP contribution in [0.2, 0.25) is 0 Å². The Bertz CT molecular complexity index is 213. The Balaban J connectivity index is 3.52. The topological polar surface area (TPSA) is 92.7 Å². The lowest BCUT2D eigenvalue weighted by Crippen LogP contribution is -2.28. The lowest BCUT2D eigenvalue weighted by atomic mass is 10.4. The first-order chi connectivity index (χ1) is 6.06. The minimum atomic E-state index is -1.00. The van der Waals surface area contributed by atoms with Gasteiger partial charge in [0.15, 0.2) is 0 Å². The molecular weight excluding hydrogens is 178 g/mol. The molecular formula is C7H11NO5. The third-order valence-corrected chi connectivity index (χ3v) is 1.19. The molecule has 2 N–H and O–H groups in total. The van der Waals surface area contributed by atoms with Gasteiger partial charge in [0, 0.05) is 6.54 Å². The first kappa shape index (κ1) is 11.4. The minimum Gasteiger partial charge on any atom is -0.481 e. The predicted octanol–water partition coefficient (Wildman–Crippen LogP) is -0.860. The molecule has 0 aliphatic heterocycles. The summed E-state index contributed by atoms with van der Waals surface area (Å²) in [6, 6.07) is 0. The lowest BCUT2D eigenvalue weighted by molar-refractivity contribution is -0.143. The van der Waals surface area contributed by atoms with E-state index in [0.717, 1.165) is 0 Å². The second-order valence-corrected chi connectivity index (χ2v) is 2.25. The molecule has 0 aliphatic carbocycles. The highest BCUT2D eigenvalue weighted by molar-refractivity contribution is 5.94. The molecule has 6 nitrogen and oxygen atoms in total. The van der Waals surface area contributed by atoms with Gasteiger partial charge in [-0.05, 0) is 0 Å². The van der Waals surface area contributed by atoms with E-state index in [-0.39, 0.29) is 19.4 Å². The molecule has 0 atom stereocenters. The van der Waals surface area contributed by atoms with Gasteiger partial charge in [-0.1, -0.05) is 0 Å². The van der Waals surface area contributed by atoms with Crippen molar-refractivity contribution in [3.63, 3.8) is 0 Å². The second-order valence-electron chi connectivity index (χ2n) is 2.25. The Kier molecular flexibility index (Phi) is 5.25. The summed E-state index contributed by atoms with van der Waals surface area (Å²) in [4.78, 5) is 31.3. The molecule has 0 fully saturated rings. The Morgan fingerprint density at radius 2 is 2.00 bits per heavy atom. The van der Waals surface area contributed by atoms with Gasteiger partial charge in [-0.3, -0.25) is 14.4 Å². The van der Waals surface area contributed by atoms with Crippen LogP contribution in [-0.2, 0) is 19.1 Å². The molecule has 0 heterocycles. The fraction of sp³-hybridized carbons (Fsp3) is 0.571. The number of carboxylic acids is 1. The van der Waals surface area contributed by atoms with Crippen molar-refractivity contribution in [3.8, 4) is 0 Å². The van der Waals surface area contributed by atoms with Crippen LogP contribution in [0.3, 0.4) is 0 Å². The fourth-order valence-corrected chi connectivity index (χ4v) is 0.575. The average molecular weight is 189 g/mol. The number of carboxylic acid groups (broad SMARTS) is 1. The van der Waals surface area contributed by atoms with Crippen molar-refractivity contribution in [1.29, 1.82) is 0 Å². The van der Waals surface area contributed by atoms with E-state index in [1.54, 1.807) is 0 Å². The van der Waals surface area contributed by atoms with E-state index < -0.39 is 17.8 Å². The number of ether oxygens (including phenoxy) is 1. The lowest BCUT2D eigenvalue weighted by Gasteiger charge is -2.01. The minimum absolute atomic E-state index is 0.0190.